The molecular weight excluding hydrogens is 202 g/mol. The second-order valence-electron chi connectivity index (χ2n) is 4.43. The number of nitrogens with one attached hydrogen (secondary N) is 1. The zero-order valence-electron chi connectivity index (χ0n) is 9.55. The van der Waals surface area contributed by atoms with Crippen molar-refractivity contribution in [1.82, 2.24) is 0 Å². The van der Waals surface area contributed by atoms with Crippen LogP contribution in [0.3, 0.4) is 0 Å². The van der Waals surface area contributed by atoms with E-state index < -0.39 is 0 Å². The summed E-state index contributed by atoms with van der Waals surface area (Å²) < 4.78 is 0. The highest BCUT2D eigenvalue weighted by Gasteiger charge is 2.13. The Hall–Kier alpha value is -0.630. The van der Waals surface area contributed by atoms with Crippen molar-refractivity contribution in [2.45, 2.75) is 32.7 Å². The van der Waals surface area contributed by atoms with Crippen LogP contribution in [0.25, 0.3) is 0 Å². The molecule has 1 saturated heterocycles. The van der Waals surface area contributed by atoms with E-state index in [0.29, 0.717) is 6.04 Å². The Bertz CT molecular complexity index is 309. The average molecular weight is 221 g/mol. The maximum atomic E-state index is 3.64. The van der Waals surface area contributed by atoms with E-state index in [1.807, 2.05) is 0 Å². The van der Waals surface area contributed by atoms with Gasteiger partial charge in [0.25, 0.3) is 0 Å². The molecule has 0 amide bonds. The molecule has 1 heterocycles. The molecule has 1 atom stereocenters. The smallest absolute Gasteiger partial charge is 0.0352 e. The zero-order valence-corrected chi connectivity index (χ0v) is 10.4. The zero-order chi connectivity index (χ0) is 10.7. The van der Waals surface area contributed by atoms with E-state index in [1.54, 1.807) is 0 Å². The van der Waals surface area contributed by atoms with Crippen LogP contribution in [0.15, 0.2) is 18.2 Å². The van der Waals surface area contributed by atoms with Gasteiger partial charge in [0.15, 0.2) is 0 Å². The first-order valence-electron chi connectivity index (χ1n) is 5.66. The summed E-state index contributed by atoms with van der Waals surface area (Å²) in [5.74, 6) is 2.60. The lowest BCUT2D eigenvalue weighted by Crippen LogP contribution is -2.25. The predicted octanol–water partition coefficient (Wildman–Crippen LogP) is 3.61. The van der Waals surface area contributed by atoms with Crippen LogP contribution in [0.1, 0.15) is 24.0 Å². The molecule has 2 heteroatoms. The number of anilines is 1. The van der Waals surface area contributed by atoms with Crippen molar-refractivity contribution in [1.29, 1.82) is 0 Å². The van der Waals surface area contributed by atoms with Gasteiger partial charge in [0.2, 0.25) is 0 Å². The van der Waals surface area contributed by atoms with Crippen LogP contribution < -0.4 is 5.32 Å². The molecule has 15 heavy (non-hydrogen) atoms. The third-order valence-corrected chi connectivity index (χ3v) is 3.97. The molecule has 1 N–H and O–H groups in total. The van der Waals surface area contributed by atoms with Gasteiger partial charge in [0, 0.05) is 17.5 Å². The molecule has 0 bridgehead atoms. The lowest BCUT2D eigenvalue weighted by atomic mass is 10.1. The quantitative estimate of drug-likeness (QED) is 0.818. The number of hydrogen-bond donors (Lipinski definition) is 1. The van der Waals surface area contributed by atoms with Gasteiger partial charge in [-0.25, -0.2) is 0 Å². The van der Waals surface area contributed by atoms with Crippen LogP contribution in [-0.4, -0.2) is 17.5 Å². The predicted molar refractivity (Wildman–Crippen MR) is 69.9 cm³/mol. The summed E-state index contributed by atoms with van der Waals surface area (Å²) in [6.45, 7) is 4.32. The third-order valence-electron chi connectivity index (χ3n) is 2.75. The van der Waals surface area contributed by atoms with Crippen molar-refractivity contribution in [2.75, 3.05) is 16.8 Å². The van der Waals surface area contributed by atoms with E-state index >= 15 is 0 Å². The lowest BCUT2D eigenvalue weighted by Gasteiger charge is -2.23. The Morgan fingerprint density at radius 1 is 1.20 bits per heavy atom. The molecule has 1 aromatic carbocycles. The van der Waals surface area contributed by atoms with Crippen molar-refractivity contribution < 1.29 is 0 Å². The largest absolute Gasteiger partial charge is 0.381 e. The minimum absolute atomic E-state index is 0.671. The Balaban J connectivity index is 2.02. The molecule has 2 rings (SSSR count). The number of thioether (sulfide) groups is 1. The average Bonchev–Trinajstić information content (AvgIpc) is 2.17. The number of rotatable bonds is 2. The van der Waals surface area contributed by atoms with Crippen molar-refractivity contribution in [3.8, 4) is 0 Å². The van der Waals surface area contributed by atoms with Crippen LogP contribution in [0.2, 0.25) is 0 Å². The highest BCUT2D eigenvalue weighted by molar-refractivity contribution is 7.99. The molecular formula is C13H19NS. The monoisotopic (exact) mass is 221 g/mol. The van der Waals surface area contributed by atoms with Gasteiger partial charge in [-0.2, -0.15) is 11.8 Å². The van der Waals surface area contributed by atoms with Crippen LogP contribution >= 0.6 is 11.8 Å². The fourth-order valence-electron chi connectivity index (χ4n) is 2.15. The molecule has 1 aliphatic heterocycles. The van der Waals surface area contributed by atoms with Crippen molar-refractivity contribution >= 4 is 17.4 Å². The summed E-state index contributed by atoms with van der Waals surface area (Å²) in [7, 11) is 0. The van der Waals surface area contributed by atoms with Crippen LogP contribution in [0, 0.1) is 13.8 Å². The topological polar surface area (TPSA) is 12.0 Å². The first-order chi connectivity index (χ1) is 7.24. The van der Waals surface area contributed by atoms with Crippen LogP contribution in [0.5, 0.6) is 0 Å². The van der Waals surface area contributed by atoms with Gasteiger partial charge in [0.1, 0.15) is 0 Å². The summed E-state index contributed by atoms with van der Waals surface area (Å²) >= 11 is 2.07. The summed E-state index contributed by atoms with van der Waals surface area (Å²) in [6, 6.07) is 7.38. The standard InChI is InChI=1S/C13H19NS/c1-10-6-11(2)8-13(7-10)14-12-4-3-5-15-9-12/h6-8,12,14H,3-5,9H2,1-2H3. The van der Waals surface area contributed by atoms with Gasteiger partial charge in [-0.1, -0.05) is 6.07 Å². The van der Waals surface area contributed by atoms with Crippen LogP contribution in [0.4, 0.5) is 5.69 Å². The van der Waals surface area contributed by atoms with Gasteiger partial charge in [0.05, 0.1) is 0 Å². The normalized spacial score (nSPS) is 21.3. The molecule has 0 aromatic heterocycles. The van der Waals surface area contributed by atoms with E-state index in [2.05, 4.69) is 49.1 Å². The number of benzene rings is 1. The molecule has 1 aliphatic rings. The molecule has 0 radical (unpaired) electrons. The second-order valence-corrected chi connectivity index (χ2v) is 5.58. The van der Waals surface area contributed by atoms with Gasteiger partial charge >= 0.3 is 0 Å². The summed E-state index contributed by atoms with van der Waals surface area (Å²) in [5.41, 5.74) is 3.99. The summed E-state index contributed by atoms with van der Waals surface area (Å²) in [4.78, 5) is 0. The second kappa shape index (κ2) is 4.93. The van der Waals surface area contributed by atoms with E-state index in [0.717, 1.165) is 0 Å². The molecule has 1 aromatic rings. The Labute approximate surface area is 96.7 Å². The summed E-state index contributed by atoms with van der Waals surface area (Å²) in [6.07, 6.45) is 2.67. The van der Waals surface area contributed by atoms with E-state index in [9.17, 15) is 0 Å². The lowest BCUT2D eigenvalue weighted by molar-refractivity contribution is 0.685. The molecule has 0 aliphatic carbocycles. The first kappa shape index (κ1) is 10.9. The molecule has 1 fully saturated rings. The van der Waals surface area contributed by atoms with Crippen molar-refractivity contribution in [2.24, 2.45) is 0 Å². The number of aryl methyl sites for hydroxylation is 2. The molecule has 0 spiro atoms. The highest BCUT2D eigenvalue weighted by atomic mass is 32.2. The SMILES string of the molecule is Cc1cc(C)cc(NC2CCCSC2)c1. The van der Waals surface area contributed by atoms with Gasteiger partial charge in [-0.05, 0) is 55.7 Å². The Morgan fingerprint density at radius 2 is 1.93 bits per heavy atom. The Kier molecular flexibility index (Phi) is 3.57. The summed E-state index contributed by atoms with van der Waals surface area (Å²) in [5, 5.41) is 3.64. The fraction of sp³-hybridized carbons (Fsp3) is 0.538. The van der Waals surface area contributed by atoms with Gasteiger partial charge in [-0.3, -0.25) is 0 Å². The molecule has 1 nitrogen and oxygen atoms in total. The first-order valence-corrected chi connectivity index (χ1v) is 6.82. The minimum Gasteiger partial charge on any atom is -0.381 e. The highest BCUT2D eigenvalue weighted by Crippen LogP contribution is 2.22. The maximum Gasteiger partial charge on any atom is 0.0352 e. The minimum atomic E-state index is 0.671. The van der Waals surface area contributed by atoms with E-state index in [-0.39, 0.29) is 0 Å². The third kappa shape index (κ3) is 3.16. The molecule has 0 saturated carbocycles. The van der Waals surface area contributed by atoms with E-state index in [4.69, 9.17) is 0 Å². The molecule has 82 valence electrons. The molecule has 1 unspecified atom stereocenters. The maximum absolute atomic E-state index is 3.64. The van der Waals surface area contributed by atoms with Crippen molar-refractivity contribution in [3.05, 3.63) is 29.3 Å². The van der Waals surface area contributed by atoms with Gasteiger partial charge in [-0.15, -0.1) is 0 Å². The Morgan fingerprint density at radius 3 is 2.53 bits per heavy atom. The fourth-order valence-corrected chi connectivity index (χ4v) is 3.22. The van der Waals surface area contributed by atoms with E-state index in [1.165, 1.54) is 41.2 Å². The number of hydrogen-bond acceptors (Lipinski definition) is 2. The van der Waals surface area contributed by atoms with Gasteiger partial charge < -0.3 is 5.32 Å². The van der Waals surface area contributed by atoms with Crippen molar-refractivity contribution in [3.63, 3.8) is 0 Å². The van der Waals surface area contributed by atoms with Crippen LogP contribution in [-0.2, 0) is 0 Å².